The molecule has 1 rings (SSSR count). The van der Waals surface area contributed by atoms with Crippen molar-refractivity contribution in [1.29, 1.82) is 0 Å². The van der Waals surface area contributed by atoms with E-state index in [0.717, 1.165) is 20.7 Å². The third-order valence-electron chi connectivity index (χ3n) is 1.61. The average molecular weight is 257 g/mol. The van der Waals surface area contributed by atoms with E-state index in [9.17, 15) is 0 Å². The van der Waals surface area contributed by atoms with Crippen LogP contribution in [0.2, 0.25) is 0 Å². The van der Waals surface area contributed by atoms with E-state index < -0.39 is 0 Å². The lowest BCUT2D eigenvalue weighted by molar-refractivity contribution is 0.412. The van der Waals surface area contributed by atoms with Gasteiger partial charge in [-0.15, -0.1) is 18.2 Å². The minimum absolute atomic E-state index is 0.737. The van der Waals surface area contributed by atoms with Crippen molar-refractivity contribution in [1.82, 2.24) is 0 Å². The van der Waals surface area contributed by atoms with Crippen LogP contribution in [0, 0.1) is 12.3 Å². The van der Waals surface area contributed by atoms with Gasteiger partial charge in [-0.1, -0.05) is 21.9 Å². The first-order chi connectivity index (χ1) is 6.22. The highest BCUT2D eigenvalue weighted by Crippen LogP contribution is 2.31. The highest BCUT2D eigenvalue weighted by atomic mass is 79.9. The normalized spacial score (nSPS) is 9.38. The fourth-order valence-electron chi connectivity index (χ4n) is 1.02. The summed E-state index contributed by atoms with van der Waals surface area (Å²) >= 11 is 5.01. The van der Waals surface area contributed by atoms with Crippen molar-refractivity contribution < 1.29 is 4.74 Å². The third kappa shape index (κ3) is 2.20. The minimum atomic E-state index is 0.737. The van der Waals surface area contributed by atoms with Crippen molar-refractivity contribution in [2.24, 2.45) is 0 Å². The summed E-state index contributed by atoms with van der Waals surface area (Å²) in [6, 6.07) is 3.86. The van der Waals surface area contributed by atoms with Crippen molar-refractivity contribution in [3.8, 4) is 18.1 Å². The topological polar surface area (TPSA) is 9.23 Å². The summed E-state index contributed by atoms with van der Waals surface area (Å²) in [5.74, 6) is 3.36. The van der Waals surface area contributed by atoms with E-state index in [0.29, 0.717) is 0 Å². The Balaban J connectivity index is 3.36. The fraction of sp³-hybridized carbons (Fsp3) is 0.200. The van der Waals surface area contributed by atoms with Crippen LogP contribution < -0.4 is 4.74 Å². The smallest absolute Gasteiger partial charge is 0.136 e. The summed E-state index contributed by atoms with van der Waals surface area (Å²) in [4.78, 5) is 1.05. The highest BCUT2D eigenvalue weighted by molar-refractivity contribution is 9.10. The van der Waals surface area contributed by atoms with Gasteiger partial charge in [0.05, 0.1) is 12.7 Å². The van der Waals surface area contributed by atoms with E-state index >= 15 is 0 Å². The Morgan fingerprint density at radius 3 is 2.69 bits per heavy atom. The molecule has 0 fully saturated rings. The van der Waals surface area contributed by atoms with Crippen molar-refractivity contribution >= 4 is 27.7 Å². The highest BCUT2D eigenvalue weighted by Gasteiger charge is 2.07. The third-order valence-corrected chi connectivity index (χ3v) is 2.83. The van der Waals surface area contributed by atoms with Crippen LogP contribution in [0.1, 0.15) is 5.56 Å². The maximum absolute atomic E-state index is 5.39. The second-order valence-electron chi connectivity index (χ2n) is 2.33. The van der Waals surface area contributed by atoms with Crippen LogP contribution in [0.5, 0.6) is 5.75 Å². The number of hydrogen-bond donors (Lipinski definition) is 0. The monoisotopic (exact) mass is 256 g/mol. The molecule has 0 radical (unpaired) electrons. The lowest BCUT2D eigenvalue weighted by atomic mass is 10.2. The number of terminal acetylenes is 1. The predicted octanol–water partition coefficient (Wildman–Crippen LogP) is 3.16. The van der Waals surface area contributed by atoms with Gasteiger partial charge in [0.1, 0.15) is 5.75 Å². The van der Waals surface area contributed by atoms with Crippen molar-refractivity contribution in [3.63, 3.8) is 0 Å². The molecule has 0 saturated heterocycles. The first-order valence-corrected chi connectivity index (χ1v) is 5.62. The number of thioether (sulfide) groups is 1. The molecule has 0 aliphatic heterocycles. The molecule has 0 aliphatic rings. The molecule has 0 heterocycles. The van der Waals surface area contributed by atoms with Crippen LogP contribution in [-0.2, 0) is 0 Å². The van der Waals surface area contributed by atoms with Gasteiger partial charge in [0.25, 0.3) is 0 Å². The second kappa shape index (κ2) is 4.59. The maximum atomic E-state index is 5.39. The zero-order valence-corrected chi connectivity index (χ0v) is 9.83. The number of halogens is 1. The first kappa shape index (κ1) is 10.5. The molecule has 1 aromatic carbocycles. The maximum Gasteiger partial charge on any atom is 0.136 e. The van der Waals surface area contributed by atoms with Gasteiger partial charge in [-0.3, -0.25) is 0 Å². The fourth-order valence-corrected chi connectivity index (χ4v) is 2.22. The molecule has 0 N–H and O–H groups in total. The van der Waals surface area contributed by atoms with Gasteiger partial charge in [0.15, 0.2) is 0 Å². The van der Waals surface area contributed by atoms with Gasteiger partial charge in [-0.2, -0.15) is 0 Å². The van der Waals surface area contributed by atoms with E-state index in [2.05, 4.69) is 21.9 Å². The van der Waals surface area contributed by atoms with Crippen LogP contribution in [0.4, 0.5) is 0 Å². The van der Waals surface area contributed by atoms with Gasteiger partial charge in [0.2, 0.25) is 0 Å². The molecule has 1 aromatic rings. The summed E-state index contributed by atoms with van der Waals surface area (Å²) in [5.41, 5.74) is 0.818. The average Bonchev–Trinajstić information content (AvgIpc) is 2.16. The molecule has 3 heteroatoms. The summed E-state index contributed by atoms with van der Waals surface area (Å²) in [5, 5.41) is 0. The van der Waals surface area contributed by atoms with Crippen molar-refractivity contribution in [2.75, 3.05) is 13.4 Å². The molecule has 0 saturated carbocycles. The number of rotatable bonds is 2. The Bertz CT molecular complexity index is 329. The summed E-state index contributed by atoms with van der Waals surface area (Å²) < 4.78 is 6.15. The minimum Gasteiger partial charge on any atom is -0.495 e. The molecule has 1 nitrogen and oxygen atoms in total. The largest absolute Gasteiger partial charge is 0.495 e. The van der Waals surface area contributed by atoms with Crippen LogP contribution in [0.3, 0.4) is 0 Å². The van der Waals surface area contributed by atoms with E-state index in [-0.39, 0.29) is 0 Å². The molecular weight excluding hydrogens is 248 g/mol. The summed E-state index contributed by atoms with van der Waals surface area (Å²) in [6.45, 7) is 0. The van der Waals surface area contributed by atoms with Crippen LogP contribution in [0.15, 0.2) is 21.5 Å². The second-order valence-corrected chi connectivity index (χ2v) is 4.09. The van der Waals surface area contributed by atoms with Gasteiger partial charge in [0, 0.05) is 9.37 Å². The Labute approximate surface area is 91.0 Å². The summed E-state index contributed by atoms with van der Waals surface area (Å²) in [7, 11) is 1.62. The van der Waals surface area contributed by atoms with E-state index in [1.165, 1.54) is 0 Å². The van der Waals surface area contributed by atoms with E-state index in [4.69, 9.17) is 11.2 Å². The number of benzene rings is 1. The quantitative estimate of drug-likeness (QED) is 0.594. The Morgan fingerprint density at radius 2 is 2.23 bits per heavy atom. The van der Waals surface area contributed by atoms with E-state index in [1.807, 2.05) is 18.4 Å². The Hall–Kier alpha value is -0.590. The van der Waals surface area contributed by atoms with Crippen molar-refractivity contribution in [2.45, 2.75) is 4.90 Å². The Kier molecular flexibility index (Phi) is 3.71. The van der Waals surface area contributed by atoms with E-state index in [1.54, 1.807) is 18.9 Å². The lowest BCUT2D eigenvalue weighted by Gasteiger charge is -2.08. The lowest BCUT2D eigenvalue weighted by Crippen LogP contribution is -1.90. The summed E-state index contributed by atoms with van der Waals surface area (Å²) in [6.07, 6.45) is 7.38. The molecule has 0 spiro atoms. The van der Waals surface area contributed by atoms with Crippen molar-refractivity contribution in [3.05, 3.63) is 22.2 Å². The standard InChI is InChI=1S/C10H9BrOS/c1-4-8-9(12-2)5-7(11)6-10(8)13-3/h1,5-6H,2-3H3. The molecule has 13 heavy (non-hydrogen) atoms. The number of hydrogen-bond acceptors (Lipinski definition) is 2. The van der Waals surface area contributed by atoms with Gasteiger partial charge in [-0.05, 0) is 18.4 Å². The number of methoxy groups -OCH3 is 1. The van der Waals surface area contributed by atoms with Gasteiger partial charge < -0.3 is 4.74 Å². The zero-order valence-electron chi connectivity index (χ0n) is 7.43. The van der Waals surface area contributed by atoms with Crippen LogP contribution >= 0.6 is 27.7 Å². The molecule has 0 aliphatic carbocycles. The zero-order chi connectivity index (χ0) is 9.84. The molecule has 0 aromatic heterocycles. The predicted molar refractivity (Wildman–Crippen MR) is 60.4 cm³/mol. The SMILES string of the molecule is C#Cc1c(OC)cc(Br)cc1SC. The molecule has 0 bridgehead atoms. The molecule has 0 unspecified atom stereocenters. The van der Waals surface area contributed by atoms with Gasteiger partial charge >= 0.3 is 0 Å². The van der Waals surface area contributed by atoms with Crippen LogP contribution in [0.25, 0.3) is 0 Å². The molecule has 0 atom stereocenters. The van der Waals surface area contributed by atoms with Gasteiger partial charge in [-0.25, -0.2) is 0 Å². The Morgan fingerprint density at radius 1 is 1.54 bits per heavy atom. The molecular formula is C10H9BrOS. The number of ether oxygens (including phenoxy) is 1. The molecule has 0 amide bonds. The molecule has 68 valence electrons. The van der Waals surface area contributed by atoms with Crippen LogP contribution in [-0.4, -0.2) is 13.4 Å². The first-order valence-electron chi connectivity index (χ1n) is 3.61.